The topological polar surface area (TPSA) is 70.2 Å². The Labute approximate surface area is 162 Å². The number of halogens is 2. The molecule has 0 radical (unpaired) electrons. The number of rotatable bonds is 6. The van der Waals surface area contributed by atoms with Crippen molar-refractivity contribution in [3.8, 4) is 0 Å². The first-order chi connectivity index (χ1) is 12.4. The minimum absolute atomic E-state index is 0.0665. The Morgan fingerprint density at radius 2 is 1.65 bits per heavy atom. The molecule has 0 spiro atoms. The predicted octanol–water partition coefficient (Wildman–Crippen LogP) is 4.78. The quantitative estimate of drug-likeness (QED) is 0.663. The Morgan fingerprint density at radius 3 is 2.31 bits per heavy atom. The first-order valence-corrected chi connectivity index (χ1v) is 9.12. The highest BCUT2D eigenvalue weighted by atomic mass is 35.5. The van der Waals surface area contributed by atoms with Gasteiger partial charge in [0.2, 0.25) is 11.8 Å². The third-order valence-electron chi connectivity index (χ3n) is 4.09. The van der Waals surface area contributed by atoms with Crippen LogP contribution in [0.3, 0.4) is 0 Å². The van der Waals surface area contributed by atoms with Gasteiger partial charge in [0.15, 0.2) is 0 Å². The number of anilines is 3. The van der Waals surface area contributed by atoms with Crippen LogP contribution in [-0.2, 0) is 9.59 Å². The van der Waals surface area contributed by atoms with Gasteiger partial charge in [0.1, 0.15) is 6.04 Å². The van der Waals surface area contributed by atoms with Crippen LogP contribution in [0.25, 0.3) is 0 Å². The molecule has 1 fully saturated rings. The summed E-state index contributed by atoms with van der Waals surface area (Å²) in [6.45, 7) is 1.75. The molecular weight excluding hydrogens is 373 g/mol. The first kappa shape index (κ1) is 18.5. The lowest BCUT2D eigenvalue weighted by Gasteiger charge is -2.16. The van der Waals surface area contributed by atoms with Crippen molar-refractivity contribution in [2.24, 2.45) is 5.92 Å². The average molecular weight is 392 g/mol. The summed E-state index contributed by atoms with van der Waals surface area (Å²) < 4.78 is 0. The van der Waals surface area contributed by atoms with Gasteiger partial charge in [-0.3, -0.25) is 9.59 Å². The van der Waals surface area contributed by atoms with E-state index in [4.69, 9.17) is 23.2 Å². The molecule has 5 nitrogen and oxygen atoms in total. The van der Waals surface area contributed by atoms with E-state index < -0.39 is 6.04 Å². The summed E-state index contributed by atoms with van der Waals surface area (Å²) in [6.07, 6.45) is 1.93. The number of nitrogens with one attached hydrogen (secondary N) is 3. The lowest BCUT2D eigenvalue weighted by atomic mass is 10.2. The van der Waals surface area contributed by atoms with Crippen LogP contribution in [0, 0.1) is 5.92 Å². The Kier molecular flexibility index (Phi) is 5.69. The molecule has 2 aromatic carbocycles. The van der Waals surface area contributed by atoms with Crippen molar-refractivity contribution in [3.63, 3.8) is 0 Å². The van der Waals surface area contributed by atoms with Crippen molar-refractivity contribution in [2.75, 3.05) is 16.0 Å². The third kappa shape index (κ3) is 4.68. The van der Waals surface area contributed by atoms with Gasteiger partial charge in [-0.1, -0.05) is 29.3 Å². The van der Waals surface area contributed by atoms with Crippen LogP contribution in [0.5, 0.6) is 0 Å². The highest BCUT2D eigenvalue weighted by Gasteiger charge is 2.29. The first-order valence-electron chi connectivity index (χ1n) is 8.36. The maximum atomic E-state index is 12.3. The second-order valence-corrected chi connectivity index (χ2v) is 7.08. The van der Waals surface area contributed by atoms with E-state index in [9.17, 15) is 9.59 Å². The van der Waals surface area contributed by atoms with E-state index in [-0.39, 0.29) is 17.7 Å². The van der Waals surface area contributed by atoms with Gasteiger partial charge in [0.05, 0.1) is 15.7 Å². The molecule has 1 saturated carbocycles. The van der Waals surface area contributed by atoms with Gasteiger partial charge in [-0.05, 0) is 56.2 Å². The average Bonchev–Trinajstić information content (AvgIpc) is 3.45. The fraction of sp³-hybridized carbons (Fsp3) is 0.263. The van der Waals surface area contributed by atoms with Crippen molar-refractivity contribution < 1.29 is 9.59 Å². The zero-order chi connectivity index (χ0) is 18.7. The largest absolute Gasteiger partial charge is 0.374 e. The molecule has 1 aliphatic rings. The van der Waals surface area contributed by atoms with Gasteiger partial charge in [-0.15, -0.1) is 0 Å². The van der Waals surface area contributed by atoms with Crippen molar-refractivity contribution >= 4 is 52.1 Å². The van der Waals surface area contributed by atoms with Crippen LogP contribution in [0.4, 0.5) is 17.1 Å². The van der Waals surface area contributed by atoms with E-state index in [2.05, 4.69) is 16.0 Å². The van der Waals surface area contributed by atoms with Gasteiger partial charge >= 0.3 is 0 Å². The van der Waals surface area contributed by atoms with E-state index in [0.29, 0.717) is 15.7 Å². The number of hydrogen-bond acceptors (Lipinski definition) is 3. The number of amides is 2. The molecule has 0 aliphatic heterocycles. The molecule has 2 aromatic rings. The number of carbonyl (C=O) groups excluding carboxylic acids is 2. The summed E-state index contributed by atoms with van der Waals surface area (Å²) in [5.41, 5.74) is 1.99. The Balaban J connectivity index is 1.56. The van der Waals surface area contributed by atoms with Gasteiger partial charge in [0, 0.05) is 17.3 Å². The Hall–Kier alpha value is -2.24. The molecule has 1 aliphatic carbocycles. The molecule has 0 bridgehead atoms. The molecule has 0 aromatic heterocycles. The SMILES string of the molecule is C[C@H](Nc1ccc(NC(=O)C2CC2)cc1)C(=O)Nc1cccc(Cl)c1Cl. The Bertz CT molecular complexity index is 820. The summed E-state index contributed by atoms with van der Waals surface area (Å²) >= 11 is 12.0. The second kappa shape index (κ2) is 7.98. The van der Waals surface area contributed by atoms with Gasteiger partial charge < -0.3 is 16.0 Å². The van der Waals surface area contributed by atoms with Crippen molar-refractivity contribution in [3.05, 3.63) is 52.5 Å². The second-order valence-electron chi connectivity index (χ2n) is 6.30. The van der Waals surface area contributed by atoms with Crippen molar-refractivity contribution in [1.29, 1.82) is 0 Å². The molecule has 0 heterocycles. The summed E-state index contributed by atoms with van der Waals surface area (Å²) in [5.74, 6) is -0.00744. The standard InChI is InChI=1S/C19H19Cl2N3O2/c1-11(18(25)24-16-4-2-3-15(20)17(16)21)22-13-7-9-14(10-8-13)23-19(26)12-5-6-12/h2-4,7-12,22H,5-6H2,1H3,(H,23,26)(H,24,25)/t11-/m0/s1. The van der Waals surface area contributed by atoms with Gasteiger partial charge in [-0.2, -0.15) is 0 Å². The van der Waals surface area contributed by atoms with Gasteiger partial charge in [0.25, 0.3) is 0 Å². The number of benzene rings is 2. The van der Waals surface area contributed by atoms with E-state index in [1.54, 1.807) is 37.3 Å². The van der Waals surface area contributed by atoms with Gasteiger partial charge in [-0.25, -0.2) is 0 Å². The van der Waals surface area contributed by atoms with Crippen LogP contribution in [0.2, 0.25) is 10.0 Å². The fourth-order valence-electron chi connectivity index (χ4n) is 2.40. The van der Waals surface area contributed by atoms with Crippen molar-refractivity contribution in [2.45, 2.75) is 25.8 Å². The van der Waals surface area contributed by atoms with Crippen LogP contribution in [0.15, 0.2) is 42.5 Å². The van der Waals surface area contributed by atoms with E-state index in [0.717, 1.165) is 24.2 Å². The fourth-order valence-corrected chi connectivity index (χ4v) is 2.74. The lowest BCUT2D eigenvalue weighted by Crippen LogP contribution is -2.31. The highest BCUT2D eigenvalue weighted by molar-refractivity contribution is 6.44. The molecule has 26 heavy (non-hydrogen) atoms. The molecular formula is C19H19Cl2N3O2. The molecule has 2 amide bonds. The van der Waals surface area contributed by atoms with Crippen LogP contribution < -0.4 is 16.0 Å². The predicted molar refractivity (Wildman–Crippen MR) is 106 cm³/mol. The zero-order valence-corrected chi connectivity index (χ0v) is 15.7. The highest BCUT2D eigenvalue weighted by Crippen LogP contribution is 2.31. The lowest BCUT2D eigenvalue weighted by molar-refractivity contribution is -0.117. The molecule has 3 rings (SSSR count). The minimum Gasteiger partial charge on any atom is -0.374 e. The zero-order valence-electron chi connectivity index (χ0n) is 14.2. The van der Waals surface area contributed by atoms with Crippen LogP contribution in [0.1, 0.15) is 19.8 Å². The normalized spacial score (nSPS) is 14.4. The maximum Gasteiger partial charge on any atom is 0.246 e. The van der Waals surface area contributed by atoms with Crippen molar-refractivity contribution in [1.82, 2.24) is 0 Å². The van der Waals surface area contributed by atoms with Crippen LogP contribution >= 0.6 is 23.2 Å². The summed E-state index contributed by atoms with van der Waals surface area (Å²) in [5, 5.41) is 9.44. The van der Waals surface area contributed by atoms with E-state index >= 15 is 0 Å². The smallest absolute Gasteiger partial charge is 0.246 e. The summed E-state index contributed by atoms with van der Waals surface area (Å²) in [7, 11) is 0. The Morgan fingerprint density at radius 1 is 1.00 bits per heavy atom. The number of hydrogen-bond donors (Lipinski definition) is 3. The molecule has 1 atom stereocenters. The molecule has 0 saturated heterocycles. The minimum atomic E-state index is -0.489. The molecule has 3 N–H and O–H groups in total. The van der Waals surface area contributed by atoms with Crippen LogP contribution in [-0.4, -0.2) is 17.9 Å². The maximum absolute atomic E-state index is 12.3. The molecule has 7 heteroatoms. The van der Waals surface area contributed by atoms with E-state index in [1.807, 2.05) is 12.1 Å². The molecule has 0 unspecified atom stereocenters. The van der Waals surface area contributed by atoms with E-state index in [1.165, 1.54) is 0 Å². The number of carbonyl (C=O) groups is 2. The molecule has 136 valence electrons. The third-order valence-corrected chi connectivity index (χ3v) is 4.91. The monoisotopic (exact) mass is 391 g/mol. The summed E-state index contributed by atoms with van der Waals surface area (Å²) in [6, 6.07) is 11.8. The summed E-state index contributed by atoms with van der Waals surface area (Å²) in [4.78, 5) is 24.1.